The molecule has 0 saturated heterocycles. The van der Waals surface area contributed by atoms with Gasteiger partial charge in [-0.1, -0.05) is 32.6 Å². The van der Waals surface area contributed by atoms with Crippen LogP contribution in [0.25, 0.3) is 0 Å². The zero-order valence-electron chi connectivity index (χ0n) is 8.44. The summed E-state index contributed by atoms with van der Waals surface area (Å²) in [5.41, 5.74) is 0. The zero-order chi connectivity index (χ0) is 8.74. The minimum absolute atomic E-state index is 0.797. The van der Waals surface area contributed by atoms with Crippen LogP contribution in [0.15, 0.2) is 0 Å². The zero-order valence-corrected chi connectivity index (χ0v) is 9.44. The predicted octanol–water partition coefficient (Wildman–Crippen LogP) is 3.14. The fraction of sp³-hybridized carbons (Fsp3) is 1.00. The van der Waals surface area contributed by atoms with E-state index >= 15 is 0 Å². The van der Waals surface area contributed by atoms with E-state index in [9.17, 15) is 0 Å². The van der Waals surface area contributed by atoms with Crippen LogP contribution in [0, 0.1) is 0 Å². The van der Waals surface area contributed by atoms with E-state index < -0.39 is 8.07 Å². The Hall–Kier alpha value is 0.177. The number of hydrogen-bond donors (Lipinski definition) is 0. The van der Waals surface area contributed by atoms with E-state index in [0.717, 1.165) is 19.6 Å². The van der Waals surface area contributed by atoms with Gasteiger partial charge in [0.15, 0.2) is 0 Å². The van der Waals surface area contributed by atoms with Crippen molar-refractivity contribution in [2.45, 2.75) is 45.5 Å². The Labute approximate surface area is 72.2 Å². The van der Waals surface area contributed by atoms with E-state index in [2.05, 4.69) is 26.6 Å². The molecule has 0 fully saturated rings. The maximum absolute atomic E-state index is 5.40. The molecular formula is C9H22OSi. The Morgan fingerprint density at radius 2 is 1.73 bits per heavy atom. The summed E-state index contributed by atoms with van der Waals surface area (Å²) in [4.78, 5) is 0. The van der Waals surface area contributed by atoms with Crippen molar-refractivity contribution < 1.29 is 4.74 Å². The molecule has 11 heavy (non-hydrogen) atoms. The van der Waals surface area contributed by atoms with Gasteiger partial charge in [-0.15, -0.1) is 0 Å². The fourth-order valence-corrected chi connectivity index (χ4v) is 2.16. The summed E-state index contributed by atoms with van der Waals surface area (Å²) in [6, 6.07) is 1.40. The third kappa shape index (κ3) is 10.2. The molecular weight excluding hydrogens is 152 g/mol. The van der Waals surface area contributed by atoms with Gasteiger partial charge < -0.3 is 4.74 Å². The van der Waals surface area contributed by atoms with E-state index in [1.54, 1.807) is 0 Å². The summed E-state index contributed by atoms with van der Waals surface area (Å²) < 4.78 is 5.40. The number of rotatable bonds is 6. The smallest absolute Gasteiger partial charge is 0.0463 e. The van der Waals surface area contributed by atoms with Gasteiger partial charge in [0.25, 0.3) is 0 Å². The molecule has 0 heterocycles. The average molecular weight is 174 g/mol. The topological polar surface area (TPSA) is 9.23 Å². The Bertz CT molecular complexity index is 86.1. The van der Waals surface area contributed by atoms with Gasteiger partial charge in [-0.05, 0) is 12.8 Å². The maximum atomic E-state index is 5.40. The molecule has 0 atom stereocenters. The van der Waals surface area contributed by atoms with Crippen molar-refractivity contribution in [3.8, 4) is 0 Å². The van der Waals surface area contributed by atoms with E-state index in [4.69, 9.17) is 4.74 Å². The third-order valence-electron chi connectivity index (χ3n) is 1.56. The Morgan fingerprint density at radius 3 is 2.18 bits per heavy atom. The molecule has 0 aromatic heterocycles. The quantitative estimate of drug-likeness (QED) is 0.444. The van der Waals surface area contributed by atoms with Crippen LogP contribution < -0.4 is 0 Å². The maximum Gasteiger partial charge on any atom is 0.0463 e. The summed E-state index contributed by atoms with van der Waals surface area (Å²) >= 11 is 0. The van der Waals surface area contributed by atoms with E-state index in [1.165, 1.54) is 12.5 Å². The Morgan fingerprint density at radius 1 is 1.09 bits per heavy atom. The minimum atomic E-state index is -0.797. The lowest BCUT2D eigenvalue weighted by atomic mass is 10.5. The van der Waals surface area contributed by atoms with Crippen LogP contribution in [0.4, 0.5) is 0 Å². The highest BCUT2D eigenvalue weighted by Gasteiger charge is 2.11. The summed E-state index contributed by atoms with van der Waals surface area (Å²) in [5.74, 6) is 0. The van der Waals surface area contributed by atoms with Gasteiger partial charge in [0, 0.05) is 21.3 Å². The summed E-state index contributed by atoms with van der Waals surface area (Å²) in [6.07, 6.45) is 2.41. The van der Waals surface area contributed by atoms with Crippen molar-refractivity contribution in [3.05, 3.63) is 0 Å². The van der Waals surface area contributed by atoms with E-state index in [0.29, 0.717) is 0 Å². The van der Waals surface area contributed by atoms with Crippen molar-refractivity contribution in [1.29, 1.82) is 0 Å². The van der Waals surface area contributed by atoms with Crippen LogP contribution in [0.1, 0.15) is 19.8 Å². The molecule has 0 amide bonds. The summed E-state index contributed by atoms with van der Waals surface area (Å²) in [7, 11) is -0.797. The molecule has 0 bridgehead atoms. The summed E-state index contributed by atoms with van der Waals surface area (Å²) in [6.45, 7) is 11.3. The predicted molar refractivity (Wildman–Crippen MR) is 53.9 cm³/mol. The lowest BCUT2D eigenvalue weighted by molar-refractivity contribution is 0.135. The van der Waals surface area contributed by atoms with Gasteiger partial charge >= 0.3 is 0 Å². The van der Waals surface area contributed by atoms with Crippen LogP contribution in [0.2, 0.25) is 25.7 Å². The molecule has 68 valence electrons. The molecule has 0 spiro atoms. The molecule has 0 aliphatic rings. The summed E-state index contributed by atoms with van der Waals surface area (Å²) in [5, 5.41) is 0. The van der Waals surface area contributed by atoms with E-state index in [1.807, 2.05) is 0 Å². The lowest BCUT2D eigenvalue weighted by Gasteiger charge is -2.14. The second-order valence-corrected chi connectivity index (χ2v) is 9.90. The van der Waals surface area contributed by atoms with Crippen LogP contribution in [-0.4, -0.2) is 21.3 Å². The molecule has 0 rings (SSSR count). The first-order valence-electron chi connectivity index (χ1n) is 4.64. The molecule has 0 aromatic rings. The number of ether oxygens (including phenoxy) is 1. The van der Waals surface area contributed by atoms with Crippen molar-refractivity contribution >= 4 is 8.07 Å². The van der Waals surface area contributed by atoms with Gasteiger partial charge in [0.1, 0.15) is 0 Å². The third-order valence-corrected chi connectivity index (χ3v) is 3.42. The Balaban J connectivity index is 3.02. The Kier molecular flexibility index (Phi) is 5.87. The highest BCUT2D eigenvalue weighted by atomic mass is 28.3. The van der Waals surface area contributed by atoms with Crippen molar-refractivity contribution in [3.63, 3.8) is 0 Å². The van der Waals surface area contributed by atoms with Gasteiger partial charge in [0.05, 0.1) is 0 Å². The highest BCUT2D eigenvalue weighted by Crippen LogP contribution is 2.10. The van der Waals surface area contributed by atoms with Gasteiger partial charge in [-0.25, -0.2) is 0 Å². The van der Waals surface area contributed by atoms with Crippen LogP contribution in [-0.2, 0) is 4.74 Å². The SMILES string of the molecule is CCCOCCC[Si](C)(C)C. The monoisotopic (exact) mass is 174 g/mol. The molecule has 1 nitrogen and oxygen atoms in total. The van der Waals surface area contributed by atoms with Crippen molar-refractivity contribution in [2.24, 2.45) is 0 Å². The molecule has 2 heteroatoms. The van der Waals surface area contributed by atoms with Crippen LogP contribution in [0.5, 0.6) is 0 Å². The first kappa shape index (κ1) is 11.2. The average Bonchev–Trinajstić information content (AvgIpc) is 1.85. The first-order valence-corrected chi connectivity index (χ1v) is 8.35. The van der Waals surface area contributed by atoms with Gasteiger partial charge in [0.2, 0.25) is 0 Å². The molecule has 0 aromatic carbocycles. The molecule has 0 N–H and O–H groups in total. The molecule has 0 unspecified atom stereocenters. The van der Waals surface area contributed by atoms with Crippen LogP contribution in [0.3, 0.4) is 0 Å². The van der Waals surface area contributed by atoms with Gasteiger partial charge in [-0.2, -0.15) is 0 Å². The van der Waals surface area contributed by atoms with E-state index in [-0.39, 0.29) is 0 Å². The fourth-order valence-electron chi connectivity index (χ4n) is 0.951. The highest BCUT2D eigenvalue weighted by molar-refractivity contribution is 6.76. The second-order valence-electron chi connectivity index (χ2n) is 4.28. The first-order chi connectivity index (χ1) is 5.06. The number of hydrogen-bond acceptors (Lipinski definition) is 1. The lowest BCUT2D eigenvalue weighted by Crippen LogP contribution is -2.19. The second kappa shape index (κ2) is 5.78. The van der Waals surface area contributed by atoms with Crippen molar-refractivity contribution in [1.82, 2.24) is 0 Å². The van der Waals surface area contributed by atoms with Crippen molar-refractivity contribution in [2.75, 3.05) is 13.2 Å². The van der Waals surface area contributed by atoms with Gasteiger partial charge in [-0.3, -0.25) is 0 Å². The normalized spacial score (nSPS) is 12.0. The largest absolute Gasteiger partial charge is 0.381 e. The molecule has 0 aliphatic carbocycles. The molecule has 0 saturated carbocycles. The van der Waals surface area contributed by atoms with Crippen LogP contribution >= 0.6 is 0 Å². The molecule has 0 radical (unpaired) electrons. The standard InChI is InChI=1S/C9H22OSi/c1-5-7-10-8-6-9-11(2,3)4/h5-9H2,1-4H3. The molecule has 0 aliphatic heterocycles. The minimum Gasteiger partial charge on any atom is -0.381 e.